The predicted octanol–water partition coefficient (Wildman–Crippen LogP) is 2.43. The standard InChI is InChI=1S/C18H32N2O6/c1-15(2)17(5,23)19(13(21)25-15)11-9-7-8-10-12-20-14(22)26-16(3,4)18(20,6)24/h23-24H,7-12H2,1-6H3. The molecule has 26 heavy (non-hydrogen) atoms. The van der Waals surface area contributed by atoms with Crippen molar-refractivity contribution in [3.8, 4) is 0 Å². The van der Waals surface area contributed by atoms with Crippen molar-refractivity contribution in [1.29, 1.82) is 0 Å². The molecule has 2 unspecified atom stereocenters. The fourth-order valence-electron chi connectivity index (χ4n) is 3.26. The van der Waals surface area contributed by atoms with Gasteiger partial charge in [-0.3, -0.25) is 9.80 Å². The van der Waals surface area contributed by atoms with Gasteiger partial charge in [-0.1, -0.05) is 12.8 Å². The highest BCUT2D eigenvalue weighted by molar-refractivity contribution is 5.72. The van der Waals surface area contributed by atoms with E-state index in [4.69, 9.17) is 9.47 Å². The normalized spacial score (nSPS) is 32.8. The predicted molar refractivity (Wildman–Crippen MR) is 94.2 cm³/mol. The third-order valence-corrected chi connectivity index (χ3v) is 5.97. The highest BCUT2D eigenvalue weighted by Crippen LogP contribution is 2.38. The Bertz CT molecular complexity index is 520. The molecule has 8 heteroatoms. The molecule has 2 saturated heterocycles. The minimum atomic E-state index is -1.34. The third kappa shape index (κ3) is 3.36. The quantitative estimate of drug-likeness (QED) is 0.666. The Hall–Kier alpha value is -1.54. The van der Waals surface area contributed by atoms with E-state index in [0.717, 1.165) is 12.8 Å². The molecule has 2 aliphatic heterocycles. The molecule has 2 amide bonds. The van der Waals surface area contributed by atoms with Gasteiger partial charge in [-0.05, 0) is 54.4 Å². The van der Waals surface area contributed by atoms with Crippen LogP contribution < -0.4 is 0 Å². The van der Waals surface area contributed by atoms with Gasteiger partial charge in [0.15, 0.2) is 22.7 Å². The lowest BCUT2D eigenvalue weighted by Crippen LogP contribution is -2.53. The summed E-state index contributed by atoms with van der Waals surface area (Å²) in [5, 5.41) is 21.1. The number of carbonyl (C=O) groups excluding carboxylic acids is 2. The van der Waals surface area contributed by atoms with E-state index in [2.05, 4.69) is 0 Å². The number of cyclic esters (lactones) is 2. The molecule has 0 spiro atoms. The average Bonchev–Trinajstić information content (AvgIpc) is 2.71. The number of unbranched alkanes of at least 4 members (excludes halogenated alkanes) is 3. The number of hydrogen-bond acceptors (Lipinski definition) is 6. The molecule has 2 atom stereocenters. The van der Waals surface area contributed by atoms with E-state index in [1.54, 1.807) is 41.5 Å². The summed E-state index contributed by atoms with van der Waals surface area (Å²) in [6, 6.07) is 0. The number of rotatable bonds is 7. The summed E-state index contributed by atoms with van der Waals surface area (Å²) in [5.41, 5.74) is -4.57. The zero-order chi connectivity index (χ0) is 20.0. The molecule has 2 heterocycles. The topological polar surface area (TPSA) is 99.5 Å². The van der Waals surface area contributed by atoms with Crippen molar-refractivity contribution in [2.75, 3.05) is 13.1 Å². The van der Waals surface area contributed by atoms with Gasteiger partial charge in [-0.25, -0.2) is 9.59 Å². The second-order valence-electron chi connectivity index (χ2n) is 8.52. The fraction of sp³-hybridized carbons (Fsp3) is 0.889. The number of nitrogens with zero attached hydrogens (tertiary/aromatic N) is 2. The molecule has 150 valence electrons. The number of amides is 2. The van der Waals surface area contributed by atoms with Crippen molar-refractivity contribution in [3.63, 3.8) is 0 Å². The molecule has 2 aliphatic rings. The van der Waals surface area contributed by atoms with Crippen LogP contribution >= 0.6 is 0 Å². The summed E-state index contributed by atoms with van der Waals surface area (Å²) >= 11 is 0. The molecular formula is C18H32N2O6. The van der Waals surface area contributed by atoms with Crippen LogP contribution in [-0.2, 0) is 9.47 Å². The molecule has 0 aromatic heterocycles. The van der Waals surface area contributed by atoms with E-state index < -0.39 is 34.8 Å². The van der Waals surface area contributed by atoms with Crippen molar-refractivity contribution in [3.05, 3.63) is 0 Å². The molecule has 0 aliphatic carbocycles. The van der Waals surface area contributed by atoms with Crippen molar-refractivity contribution in [1.82, 2.24) is 9.80 Å². The summed E-state index contributed by atoms with van der Waals surface area (Å²) < 4.78 is 10.5. The molecule has 0 aromatic rings. The number of carbonyl (C=O) groups is 2. The Balaban J connectivity index is 1.74. The lowest BCUT2D eigenvalue weighted by Gasteiger charge is -2.35. The summed E-state index contributed by atoms with van der Waals surface area (Å²) in [4.78, 5) is 26.6. The van der Waals surface area contributed by atoms with Crippen LogP contribution in [0, 0.1) is 0 Å². The summed E-state index contributed by atoms with van der Waals surface area (Å²) in [6.45, 7) is 10.7. The van der Waals surface area contributed by atoms with Gasteiger partial charge in [0, 0.05) is 13.1 Å². The maximum Gasteiger partial charge on any atom is 0.412 e. The molecule has 2 rings (SSSR count). The summed E-state index contributed by atoms with van der Waals surface area (Å²) in [6.07, 6.45) is 2.08. The van der Waals surface area contributed by atoms with Crippen LogP contribution in [-0.4, -0.2) is 67.9 Å². The SMILES string of the molecule is CC1(C)OC(=O)N(CCCCCCN2C(=O)OC(C)(C)C2(C)O)C1(C)O. The Kier molecular flexibility index (Phi) is 5.24. The Morgan fingerprint density at radius 3 is 1.23 bits per heavy atom. The number of ether oxygens (including phenoxy) is 2. The van der Waals surface area contributed by atoms with Gasteiger partial charge in [-0.2, -0.15) is 0 Å². The fourth-order valence-corrected chi connectivity index (χ4v) is 3.26. The largest absolute Gasteiger partial charge is 0.438 e. The van der Waals surface area contributed by atoms with Crippen LogP contribution in [0.4, 0.5) is 9.59 Å². The summed E-state index contributed by atoms with van der Waals surface area (Å²) in [7, 11) is 0. The van der Waals surface area contributed by atoms with E-state index in [9.17, 15) is 19.8 Å². The highest BCUT2D eigenvalue weighted by atomic mass is 16.6. The van der Waals surface area contributed by atoms with E-state index in [-0.39, 0.29) is 0 Å². The first kappa shape index (κ1) is 20.8. The minimum absolute atomic E-state index is 0.408. The Morgan fingerprint density at radius 2 is 1.00 bits per heavy atom. The van der Waals surface area contributed by atoms with Gasteiger partial charge in [0.2, 0.25) is 0 Å². The van der Waals surface area contributed by atoms with Crippen molar-refractivity contribution in [2.45, 2.75) is 89.9 Å². The first-order valence-electron chi connectivity index (χ1n) is 9.20. The van der Waals surface area contributed by atoms with E-state index in [1.165, 1.54) is 9.80 Å². The van der Waals surface area contributed by atoms with Gasteiger partial charge in [-0.15, -0.1) is 0 Å². The lowest BCUT2D eigenvalue weighted by molar-refractivity contribution is -0.128. The maximum absolute atomic E-state index is 11.9. The van der Waals surface area contributed by atoms with Crippen LogP contribution in [0.1, 0.15) is 67.2 Å². The molecule has 2 N–H and O–H groups in total. The van der Waals surface area contributed by atoms with Gasteiger partial charge >= 0.3 is 12.2 Å². The molecule has 0 bridgehead atoms. The zero-order valence-corrected chi connectivity index (χ0v) is 16.7. The van der Waals surface area contributed by atoms with Gasteiger partial charge in [0.1, 0.15) is 0 Å². The van der Waals surface area contributed by atoms with E-state index in [1.807, 2.05) is 0 Å². The Morgan fingerprint density at radius 1 is 0.692 bits per heavy atom. The van der Waals surface area contributed by atoms with Crippen LogP contribution in [0.2, 0.25) is 0 Å². The molecule has 8 nitrogen and oxygen atoms in total. The minimum Gasteiger partial charge on any atom is -0.438 e. The maximum atomic E-state index is 11.9. The molecule has 2 fully saturated rings. The van der Waals surface area contributed by atoms with Crippen molar-refractivity contribution in [2.24, 2.45) is 0 Å². The Labute approximate surface area is 155 Å². The van der Waals surface area contributed by atoms with Gasteiger partial charge in [0.05, 0.1) is 0 Å². The van der Waals surface area contributed by atoms with Gasteiger partial charge < -0.3 is 19.7 Å². The third-order valence-electron chi connectivity index (χ3n) is 5.97. The highest BCUT2D eigenvalue weighted by Gasteiger charge is 2.57. The number of hydrogen-bond donors (Lipinski definition) is 2. The van der Waals surface area contributed by atoms with Crippen molar-refractivity contribution < 1.29 is 29.3 Å². The lowest BCUT2D eigenvalue weighted by atomic mass is 9.95. The van der Waals surface area contributed by atoms with Crippen LogP contribution in [0.3, 0.4) is 0 Å². The smallest absolute Gasteiger partial charge is 0.412 e. The average molecular weight is 372 g/mol. The molecule has 0 aromatic carbocycles. The zero-order valence-electron chi connectivity index (χ0n) is 16.7. The van der Waals surface area contributed by atoms with Crippen LogP contribution in [0.25, 0.3) is 0 Å². The summed E-state index contributed by atoms with van der Waals surface area (Å²) in [5.74, 6) is 0. The van der Waals surface area contributed by atoms with E-state index in [0.29, 0.717) is 25.9 Å². The van der Waals surface area contributed by atoms with Crippen LogP contribution in [0.5, 0.6) is 0 Å². The second-order valence-corrected chi connectivity index (χ2v) is 8.52. The number of aliphatic hydroxyl groups is 2. The monoisotopic (exact) mass is 372 g/mol. The van der Waals surface area contributed by atoms with Crippen LogP contribution in [0.15, 0.2) is 0 Å². The second kappa shape index (κ2) is 6.56. The van der Waals surface area contributed by atoms with Crippen molar-refractivity contribution >= 4 is 12.2 Å². The molecule has 0 radical (unpaired) electrons. The first-order valence-corrected chi connectivity index (χ1v) is 9.20. The first-order chi connectivity index (χ1) is 11.7. The van der Waals surface area contributed by atoms with Gasteiger partial charge in [0.25, 0.3) is 0 Å². The molecular weight excluding hydrogens is 340 g/mol. The van der Waals surface area contributed by atoms with E-state index >= 15 is 0 Å². The molecule has 0 saturated carbocycles.